The van der Waals surface area contributed by atoms with Crippen molar-refractivity contribution in [3.8, 4) is 11.8 Å². The molecule has 1 aliphatic carbocycles. The van der Waals surface area contributed by atoms with Gasteiger partial charge in [0.05, 0.1) is 5.75 Å². The van der Waals surface area contributed by atoms with E-state index < -0.39 is 11.9 Å². The Morgan fingerprint density at radius 2 is 2.07 bits per heavy atom. The zero-order valence-electron chi connectivity index (χ0n) is 14.7. The number of hydrogen-bond acceptors (Lipinski definition) is 7. The molecule has 2 aliphatic rings. The summed E-state index contributed by atoms with van der Waals surface area (Å²) in [7, 11) is 0. The summed E-state index contributed by atoms with van der Waals surface area (Å²) in [5.41, 5.74) is 1.43. The third kappa shape index (κ3) is 4.02. The van der Waals surface area contributed by atoms with E-state index in [9.17, 15) is 9.59 Å². The van der Waals surface area contributed by atoms with Crippen molar-refractivity contribution in [3.05, 3.63) is 60.2 Å². The summed E-state index contributed by atoms with van der Waals surface area (Å²) >= 11 is 1.35. The molecule has 0 saturated heterocycles. The number of carbonyl (C=O) groups excluding carboxylic acids is 2. The van der Waals surface area contributed by atoms with Crippen LogP contribution in [0.1, 0.15) is 0 Å². The Morgan fingerprint density at radius 1 is 1.21 bits per heavy atom. The summed E-state index contributed by atoms with van der Waals surface area (Å²) in [5, 5.41) is 0.534. The lowest BCUT2D eigenvalue weighted by atomic mass is 9.93. The molecule has 0 spiro atoms. The largest absolute Gasteiger partial charge is 0.453 e. The number of aromatic nitrogens is 1. The van der Waals surface area contributed by atoms with Gasteiger partial charge in [-0.1, -0.05) is 60.0 Å². The molecule has 0 unspecified atom stereocenters. The van der Waals surface area contributed by atoms with Crippen LogP contribution in [0.4, 0.5) is 0 Å². The van der Waals surface area contributed by atoms with Crippen molar-refractivity contribution in [3.63, 3.8) is 0 Å². The first-order chi connectivity index (χ1) is 13.7. The summed E-state index contributed by atoms with van der Waals surface area (Å²) in [6, 6.07) is 7.51. The van der Waals surface area contributed by atoms with Crippen molar-refractivity contribution >= 4 is 34.8 Å². The van der Waals surface area contributed by atoms with Crippen LogP contribution in [0.3, 0.4) is 0 Å². The third-order valence-corrected chi connectivity index (χ3v) is 4.82. The van der Waals surface area contributed by atoms with E-state index in [4.69, 9.17) is 13.9 Å². The minimum absolute atomic E-state index is 0.0937. The maximum absolute atomic E-state index is 12.1. The number of rotatable bonds is 4. The average molecular weight is 393 g/mol. The molecule has 2 aromatic rings. The van der Waals surface area contributed by atoms with Crippen LogP contribution in [0.2, 0.25) is 0 Å². The number of fused-ring (bicyclic) bond motifs is 2. The van der Waals surface area contributed by atoms with Crippen LogP contribution in [0.25, 0.3) is 11.1 Å². The van der Waals surface area contributed by atoms with Crippen LogP contribution in [0.15, 0.2) is 69.9 Å². The van der Waals surface area contributed by atoms with Gasteiger partial charge in [0, 0.05) is 5.92 Å². The number of para-hydroxylation sites is 2. The highest BCUT2D eigenvalue weighted by atomic mass is 32.2. The van der Waals surface area contributed by atoms with Gasteiger partial charge < -0.3 is 13.9 Å². The van der Waals surface area contributed by atoms with Crippen molar-refractivity contribution in [1.29, 1.82) is 0 Å². The van der Waals surface area contributed by atoms with Crippen LogP contribution in [0.5, 0.6) is 0 Å². The third-order valence-electron chi connectivity index (χ3n) is 4.11. The standard InChI is InChI=1S/C21H15NO5S/c23-19(15-13-14-7-1-3-9-17(14)26-20(15)24)25-11-5-6-12-28-21-22-16-8-2-4-10-18(16)27-21/h1-4,7-10,13-14,17H,11-12H2/t14-,17+/m0/s1. The molecule has 6 nitrogen and oxygen atoms in total. The number of esters is 2. The second-order valence-electron chi connectivity index (χ2n) is 5.96. The number of ether oxygens (including phenoxy) is 2. The molecule has 0 fully saturated rings. The smallest absolute Gasteiger partial charge is 0.346 e. The molecular formula is C21H15NO5S. The number of benzene rings is 1. The molecule has 1 aromatic carbocycles. The van der Waals surface area contributed by atoms with Crippen LogP contribution in [-0.2, 0) is 19.1 Å². The van der Waals surface area contributed by atoms with E-state index in [2.05, 4.69) is 16.8 Å². The van der Waals surface area contributed by atoms with E-state index in [1.165, 1.54) is 11.8 Å². The molecule has 0 N–H and O–H groups in total. The molecule has 7 heteroatoms. The lowest BCUT2D eigenvalue weighted by molar-refractivity contribution is -0.150. The Kier molecular flexibility index (Phi) is 5.31. The molecule has 140 valence electrons. The SMILES string of the molecule is O=C(OCC#CCSc1nc2ccccc2o1)C1=C[C@@H]2C=CC=C[C@H]2OC1=O. The zero-order valence-corrected chi connectivity index (χ0v) is 15.5. The Hall–Kier alpha value is -3.24. The van der Waals surface area contributed by atoms with E-state index in [0.717, 1.165) is 11.1 Å². The number of nitrogens with zero attached hydrogens (tertiary/aromatic N) is 1. The monoisotopic (exact) mass is 393 g/mol. The topological polar surface area (TPSA) is 78.6 Å². The Morgan fingerprint density at radius 3 is 2.96 bits per heavy atom. The van der Waals surface area contributed by atoms with Gasteiger partial charge in [-0.25, -0.2) is 14.6 Å². The highest BCUT2D eigenvalue weighted by molar-refractivity contribution is 7.99. The van der Waals surface area contributed by atoms with Gasteiger partial charge in [0.2, 0.25) is 0 Å². The second kappa shape index (κ2) is 8.19. The molecule has 0 amide bonds. The lowest BCUT2D eigenvalue weighted by Gasteiger charge is -2.26. The zero-order chi connectivity index (χ0) is 19.3. The van der Waals surface area contributed by atoms with E-state index in [1.54, 1.807) is 18.2 Å². The summed E-state index contributed by atoms with van der Waals surface area (Å²) in [6.07, 6.45) is 8.52. The van der Waals surface area contributed by atoms with Crippen LogP contribution in [0, 0.1) is 17.8 Å². The van der Waals surface area contributed by atoms with Crippen LogP contribution in [-0.4, -0.2) is 35.4 Å². The van der Waals surface area contributed by atoms with Gasteiger partial charge in [0.15, 0.2) is 12.2 Å². The Bertz CT molecular complexity index is 1040. The minimum Gasteiger partial charge on any atom is -0.453 e. The minimum atomic E-state index is -0.729. The number of hydrogen-bond donors (Lipinski definition) is 0. The fourth-order valence-electron chi connectivity index (χ4n) is 2.76. The Balaban J connectivity index is 1.26. The highest BCUT2D eigenvalue weighted by Gasteiger charge is 2.33. The Labute approximate surface area is 165 Å². The molecular weight excluding hydrogens is 378 g/mol. The average Bonchev–Trinajstić information content (AvgIpc) is 3.12. The number of allylic oxidation sites excluding steroid dienone is 2. The molecule has 0 bridgehead atoms. The summed E-state index contributed by atoms with van der Waals surface area (Å²) in [4.78, 5) is 28.4. The quantitative estimate of drug-likeness (QED) is 0.342. The molecule has 1 aromatic heterocycles. The molecule has 2 heterocycles. The number of thioether (sulfide) groups is 1. The van der Waals surface area contributed by atoms with Gasteiger partial charge in [-0.3, -0.25) is 0 Å². The number of oxazole rings is 1. The predicted octanol–water partition coefficient (Wildman–Crippen LogP) is 3.06. The van der Waals surface area contributed by atoms with Crippen molar-refractivity contribution in [2.45, 2.75) is 11.3 Å². The van der Waals surface area contributed by atoms with Crippen LogP contribution < -0.4 is 0 Å². The van der Waals surface area contributed by atoms with Gasteiger partial charge >= 0.3 is 11.9 Å². The first-order valence-electron chi connectivity index (χ1n) is 8.60. The summed E-state index contributed by atoms with van der Waals surface area (Å²) in [5.74, 6) is 4.50. The van der Waals surface area contributed by atoms with Gasteiger partial charge in [0.25, 0.3) is 5.22 Å². The highest BCUT2D eigenvalue weighted by Crippen LogP contribution is 2.25. The van der Waals surface area contributed by atoms with Crippen molar-refractivity contribution in [2.75, 3.05) is 12.4 Å². The first-order valence-corrected chi connectivity index (χ1v) is 9.58. The van der Waals surface area contributed by atoms with E-state index in [-0.39, 0.29) is 24.2 Å². The van der Waals surface area contributed by atoms with E-state index in [1.807, 2.05) is 36.4 Å². The number of carbonyl (C=O) groups is 2. The van der Waals surface area contributed by atoms with E-state index >= 15 is 0 Å². The fourth-order valence-corrected chi connectivity index (χ4v) is 3.37. The molecule has 0 saturated carbocycles. The van der Waals surface area contributed by atoms with Gasteiger partial charge in [-0.15, -0.1) is 0 Å². The molecule has 28 heavy (non-hydrogen) atoms. The lowest BCUT2D eigenvalue weighted by Crippen LogP contribution is -2.33. The van der Waals surface area contributed by atoms with Gasteiger partial charge in [-0.2, -0.15) is 0 Å². The normalized spacial score (nSPS) is 20.0. The predicted molar refractivity (Wildman–Crippen MR) is 103 cm³/mol. The van der Waals surface area contributed by atoms with Crippen LogP contribution >= 0.6 is 11.8 Å². The fraction of sp³-hybridized carbons (Fsp3) is 0.190. The summed E-state index contributed by atoms with van der Waals surface area (Å²) in [6.45, 7) is -0.110. The van der Waals surface area contributed by atoms with Crippen molar-refractivity contribution < 1.29 is 23.5 Å². The van der Waals surface area contributed by atoms with Crippen molar-refractivity contribution in [1.82, 2.24) is 4.98 Å². The molecule has 2 atom stereocenters. The second-order valence-corrected chi connectivity index (χ2v) is 6.89. The first kappa shape index (κ1) is 18.1. The van der Waals surface area contributed by atoms with E-state index in [0.29, 0.717) is 11.0 Å². The van der Waals surface area contributed by atoms with Gasteiger partial charge in [0.1, 0.15) is 17.2 Å². The maximum atomic E-state index is 12.1. The molecule has 4 rings (SSSR count). The van der Waals surface area contributed by atoms with Crippen molar-refractivity contribution in [2.24, 2.45) is 5.92 Å². The van der Waals surface area contributed by atoms with Gasteiger partial charge in [-0.05, 0) is 18.2 Å². The molecule has 1 aliphatic heterocycles. The molecule has 0 radical (unpaired) electrons. The summed E-state index contributed by atoms with van der Waals surface area (Å²) < 4.78 is 15.9. The maximum Gasteiger partial charge on any atom is 0.346 e.